The van der Waals surface area contributed by atoms with Gasteiger partial charge in [-0.25, -0.2) is 0 Å². The Morgan fingerprint density at radius 2 is 1.82 bits per heavy atom. The van der Waals surface area contributed by atoms with Crippen LogP contribution in [0.3, 0.4) is 0 Å². The Balaban J connectivity index is 0.00000144. The fourth-order valence-electron chi connectivity index (χ4n) is 2.15. The summed E-state index contributed by atoms with van der Waals surface area (Å²) in [7, 11) is 1.65. The maximum atomic E-state index is 9.24. The van der Waals surface area contributed by atoms with Gasteiger partial charge in [0.1, 0.15) is 11.8 Å². The fraction of sp³-hybridized carbons (Fsp3) is 0.462. The molecule has 1 aliphatic heterocycles. The van der Waals surface area contributed by atoms with Crippen molar-refractivity contribution in [3.05, 3.63) is 29.8 Å². The van der Waals surface area contributed by atoms with Crippen molar-refractivity contribution in [2.24, 2.45) is 0 Å². The van der Waals surface area contributed by atoms with Crippen LogP contribution >= 0.6 is 12.4 Å². The Bertz CT molecular complexity index is 379. The molecule has 0 bridgehead atoms. The predicted octanol–water partition coefficient (Wildman–Crippen LogP) is 2.78. The van der Waals surface area contributed by atoms with E-state index in [1.807, 2.05) is 24.3 Å². The van der Waals surface area contributed by atoms with Gasteiger partial charge < -0.3 is 4.74 Å². The van der Waals surface area contributed by atoms with E-state index in [1.54, 1.807) is 7.11 Å². The van der Waals surface area contributed by atoms with Crippen LogP contribution in [0.4, 0.5) is 0 Å². The van der Waals surface area contributed by atoms with Crippen LogP contribution < -0.4 is 4.74 Å². The minimum atomic E-state index is -0.103. The first-order chi connectivity index (χ1) is 7.85. The number of likely N-dealkylation sites (tertiary alicyclic amines) is 1. The molecule has 1 atom stereocenters. The molecule has 1 saturated heterocycles. The zero-order valence-electron chi connectivity index (χ0n) is 9.93. The van der Waals surface area contributed by atoms with Crippen molar-refractivity contribution >= 4 is 12.4 Å². The first kappa shape index (κ1) is 13.8. The molecule has 1 aromatic carbocycles. The molecule has 0 aromatic heterocycles. The number of nitriles is 1. The summed E-state index contributed by atoms with van der Waals surface area (Å²) in [5.41, 5.74) is 1.06. The van der Waals surface area contributed by atoms with E-state index >= 15 is 0 Å². The Hall–Kier alpha value is -1.24. The average Bonchev–Trinajstić information content (AvgIpc) is 2.85. The van der Waals surface area contributed by atoms with E-state index < -0.39 is 0 Å². The molecule has 1 heterocycles. The maximum absolute atomic E-state index is 9.24. The summed E-state index contributed by atoms with van der Waals surface area (Å²) in [5, 5.41) is 9.24. The molecule has 92 valence electrons. The Labute approximate surface area is 108 Å². The highest BCUT2D eigenvalue weighted by atomic mass is 35.5. The molecule has 1 fully saturated rings. The number of rotatable bonds is 3. The number of hydrogen-bond donors (Lipinski definition) is 0. The fourth-order valence-corrected chi connectivity index (χ4v) is 2.15. The van der Waals surface area contributed by atoms with Crippen molar-refractivity contribution in [3.63, 3.8) is 0 Å². The third kappa shape index (κ3) is 3.12. The number of nitrogens with zero attached hydrogens (tertiary/aromatic N) is 2. The van der Waals surface area contributed by atoms with Crippen molar-refractivity contribution in [2.75, 3.05) is 20.2 Å². The third-order valence-corrected chi connectivity index (χ3v) is 3.06. The summed E-state index contributed by atoms with van der Waals surface area (Å²) in [6.45, 7) is 2.06. The molecule has 0 spiro atoms. The molecule has 1 aromatic rings. The highest BCUT2D eigenvalue weighted by Crippen LogP contribution is 2.25. The number of ether oxygens (including phenoxy) is 1. The minimum Gasteiger partial charge on any atom is -0.497 e. The molecular formula is C13H17ClN2O. The first-order valence-electron chi connectivity index (χ1n) is 5.63. The van der Waals surface area contributed by atoms with E-state index in [0.717, 1.165) is 24.4 Å². The first-order valence-corrected chi connectivity index (χ1v) is 5.63. The molecule has 1 unspecified atom stereocenters. The van der Waals surface area contributed by atoms with Crippen LogP contribution in [-0.2, 0) is 0 Å². The van der Waals surface area contributed by atoms with Crippen molar-refractivity contribution in [1.82, 2.24) is 4.90 Å². The number of benzene rings is 1. The standard InChI is InChI=1S/C13H16N2O.ClH/c1-16-12-6-4-11(5-7-12)13(10-14)15-8-2-3-9-15;/h4-7,13H,2-3,8-9H2,1H3;1H. The smallest absolute Gasteiger partial charge is 0.123 e. The summed E-state index contributed by atoms with van der Waals surface area (Å²) >= 11 is 0. The summed E-state index contributed by atoms with van der Waals surface area (Å²) in [6, 6.07) is 10.1. The molecule has 4 heteroatoms. The second-order valence-corrected chi connectivity index (χ2v) is 4.05. The van der Waals surface area contributed by atoms with Gasteiger partial charge in [0.15, 0.2) is 0 Å². The van der Waals surface area contributed by atoms with Crippen LogP contribution in [0, 0.1) is 11.3 Å². The Morgan fingerprint density at radius 3 is 2.29 bits per heavy atom. The Kier molecular flexibility index (Phi) is 5.27. The van der Waals surface area contributed by atoms with Crippen LogP contribution in [0.1, 0.15) is 24.4 Å². The number of halogens is 1. The zero-order valence-corrected chi connectivity index (χ0v) is 10.7. The van der Waals surface area contributed by atoms with Gasteiger partial charge in [-0.15, -0.1) is 12.4 Å². The van der Waals surface area contributed by atoms with Crippen LogP contribution in [0.2, 0.25) is 0 Å². The average molecular weight is 253 g/mol. The SMILES string of the molecule is COc1ccc(C(C#N)N2CCCC2)cc1.Cl. The van der Waals surface area contributed by atoms with E-state index in [9.17, 15) is 5.26 Å². The molecule has 17 heavy (non-hydrogen) atoms. The molecule has 2 rings (SSSR count). The van der Waals surface area contributed by atoms with Crippen molar-refractivity contribution in [2.45, 2.75) is 18.9 Å². The van der Waals surface area contributed by atoms with Gasteiger partial charge in [0, 0.05) is 0 Å². The second kappa shape index (κ2) is 6.48. The van der Waals surface area contributed by atoms with Gasteiger partial charge in [-0.05, 0) is 43.6 Å². The van der Waals surface area contributed by atoms with Gasteiger partial charge in [-0.3, -0.25) is 4.90 Å². The van der Waals surface area contributed by atoms with Gasteiger partial charge in [-0.1, -0.05) is 12.1 Å². The summed E-state index contributed by atoms with van der Waals surface area (Å²) in [5.74, 6) is 0.835. The summed E-state index contributed by atoms with van der Waals surface area (Å²) < 4.78 is 5.11. The maximum Gasteiger partial charge on any atom is 0.123 e. The molecule has 0 radical (unpaired) electrons. The molecular weight excluding hydrogens is 236 g/mol. The highest BCUT2D eigenvalue weighted by molar-refractivity contribution is 5.85. The largest absolute Gasteiger partial charge is 0.497 e. The van der Waals surface area contributed by atoms with Crippen molar-refractivity contribution in [3.8, 4) is 11.8 Å². The monoisotopic (exact) mass is 252 g/mol. The van der Waals surface area contributed by atoms with E-state index in [2.05, 4.69) is 11.0 Å². The molecule has 1 aliphatic rings. The minimum absolute atomic E-state index is 0. The van der Waals surface area contributed by atoms with Crippen LogP contribution in [0.25, 0.3) is 0 Å². The van der Waals surface area contributed by atoms with E-state index in [-0.39, 0.29) is 18.4 Å². The second-order valence-electron chi connectivity index (χ2n) is 4.05. The lowest BCUT2D eigenvalue weighted by Gasteiger charge is -2.21. The zero-order chi connectivity index (χ0) is 11.4. The molecule has 0 aliphatic carbocycles. The van der Waals surface area contributed by atoms with Crippen molar-refractivity contribution < 1.29 is 4.74 Å². The Morgan fingerprint density at radius 1 is 1.24 bits per heavy atom. The van der Waals surface area contributed by atoms with Crippen LogP contribution in [-0.4, -0.2) is 25.1 Å². The predicted molar refractivity (Wildman–Crippen MR) is 69.4 cm³/mol. The van der Waals surface area contributed by atoms with Gasteiger partial charge in [0.25, 0.3) is 0 Å². The molecule has 0 amide bonds. The number of methoxy groups -OCH3 is 1. The summed E-state index contributed by atoms with van der Waals surface area (Å²) in [6.07, 6.45) is 2.41. The van der Waals surface area contributed by atoms with E-state index in [4.69, 9.17) is 4.74 Å². The van der Waals surface area contributed by atoms with Crippen LogP contribution in [0.5, 0.6) is 5.75 Å². The lowest BCUT2D eigenvalue weighted by molar-refractivity contribution is 0.294. The lowest BCUT2D eigenvalue weighted by Crippen LogP contribution is -2.24. The topological polar surface area (TPSA) is 36.3 Å². The normalized spacial score (nSPS) is 16.9. The van der Waals surface area contributed by atoms with Gasteiger partial charge in [0.2, 0.25) is 0 Å². The highest BCUT2D eigenvalue weighted by Gasteiger charge is 2.22. The van der Waals surface area contributed by atoms with Crippen LogP contribution in [0.15, 0.2) is 24.3 Å². The van der Waals surface area contributed by atoms with E-state index in [1.165, 1.54) is 12.8 Å². The molecule has 0 N–H and O–H groups in total. The molecule has 3 nitrogen and oxygen atoms in total. The van der Waals surface area contributed by atoms with Gasteiger partial charge >= 0.3 is 0 Å². The van der Waals surface area contributed by atoms with Gasteiger partial charge in [-0.2, -0.15) is 5.26 Å². The summed E-state index contributed by atoms with van der Waals surface area (Å²) in [4.78, 5) is 2.24. The van der Waals surface area contributed by atoms with E-state index in [0.29, 0.717) is 0 Å². The van der Waals surface area contributed by atoms with Gasteiger partial charge in [0.05, 0.1) is 13.2 Å². The van der Waals surface area contributed by atoms with Crippen molar-refractivity contribution in [1.29, 1.82) is 5.26 Å². The lowest BCUT2D eigenvalue weighted by atomic mass is 10.1. The number of hydrogen-bond acceptors (Lipinski definition) is 3. The molecule has 0 saturated carbocycles. The third-order valence-electron chi connectivity index (χ3n) is 3.06. The quantitative estimate of drug-likeness (QED) is 0.830.